The van der Waals surface area contributed by atoms with Gasteiger partial charge in [0.1, 0.15) is 0 Å². The normalized spacial score (nSPS) is 27.1. The summed E-state index contributed by atoms with van der Waals surface area (Å²) in [5.41, 5.74) is 0. The number of aliphatic carboxylic acids is 1. The number of carboxylic acid groups (broad SMARTS) is 1. The van der Waals surface area contributed by atoms with E-state index in [0.717, 1.165) is 18.3 Å². The van der Waals surface area contributed by atoms with E-state index in [2.05, 4.69) is 0 Å². The Morgan fingerprint density at radius 1 is 1.30 bits per heavy atom. The quantitative estimate of drug-likeness (QED) is 0.627. The number of carbonyl (C=O) groups excluding carboxylic acids is 1. The number of rotatable bonds is 10. The Bertz CT molecular complexity index is 412. The van der Waals surface area contributed by atoms with E-state index >= 15 is 0 Å². The molecular weight excluding hydrogens is 294 g/mol. The summed E-state index contributed by atoms with van der Waals surface area (Å²) in [5, 5.41) is 9.13. The van der Waals surface area contributed by atoms with Crippen LogP contribution < -0.4 is 0 Å². The first kappa shape index (κ1) is 18.2. The summed E-state index contributed by atoms with van der Waals surface area (Å²) < 4.78 is 5.34. The molecule has 2 fully saturated rings. The molecule has 0 aromatic carbocycles. The van der Waals surface area contributed by atoms with Crippen LogP contribution in [-0.4, -0.2) is 48.2 Å². The summed E-state index contributed by atoms with van der Waals surface area (Å²) in [6.07, 6.45) is 6.47. The first-order valence-corrected chi connectivity index (χ1v) is 9.09. The average Bonchev–Trinajstić information content (AvgIpc) is 3.12. The van der Waals surface area contributed by atoms with E-state index in [-0.39, 0.29) is 5.91 Å². The number of hydrogen-bond donors (Lipinski definition) is 1. The van der Waals surface area contributed by atoms with Crippen LogP contribution in [0.2, 0.25) is 0 Å². The van der Waals surface area contributed by atoms with Gasteiger partial charge in [0.15, 0.2) is 0 Å². The highest BCUT2D eigenvalue weighted by atomic mass is 16.5. The lowest BCUT2D eigenvalue weighted by Crippen LogP contribution is -2.39. The van der Waals surface area contributed by atoms with E-state index in [4.69, 9.17) is 9.84 Å². The molecule has 0 saturated heterocycles. The maximum absolute atomic E-state index is 12.7. The van der Waals surface area contributed by atoms with Crippen LogP contribution in [0.4, 0.5) is 0 Å². The van der Waals surface area contributed by atoms with E-state index in [1.807, 2.05) is 6.92 Å². The van der Waals surface area contributed by atoms with Crippen LogP contribution in [0.3, 0.4) is 0 Å². The summed E-state index contributed by atoms with van der Waals surface area (Å²) in [6.45, 7) is 5.81. The number of ether oxygens (including phenoxy) is 1. The van der Waals surface area contributed by atoms with Gasteiger partial charge in [-0.3, -0.25) is 9.59 Å². The fraction of sp³-hybridized carbons (Fsp3) is 0.889. The van der Waals surface area contributed by atoms with Crippen LogP contribution in [-0.2, 0) is 14.3 Å². The highest BCUT2D eigenvalue weighted by Gasteiger charge is 2.40. The minimum absolute atomic E-state index is 0.132. The molecule has 2 rings (SSSR count). The molecule has 2 saturated carbocycles. The minimum Gasteiger partial charge on any atom is -0.481 e. The number of carboxylic acids is 1. The van der Waals surface area contributed by atoms with E-state index in [9.17, 15) is 9.59 Å². The van der Waals surface area contributed by atoms with E-state index in [0.29, 0.717) is 38.6 Å². The molecule has 1 amide bonds. The van der Waals surface area contributed by atoms with Crippen LogP contribution in [0.15, 0.2) is 0 Å². The molecule has 0 radical (unpaired) electrons. The molecule has 4 atom stereocenters. The first-order chi connectivity index (χ1) is 11.0. The molecule has 5 heteroatoms. The average molecular weight is 325 g/mol. The van der Waals surface area contributed by atoms with Crippen molar-refractivity contribution in [1.82, 2.24) is 4.90 Å². The van der Waals surface area contributed by atoms with Crippen molar-refractivity contribution in [2.45, 2.75) is 52.4 Å². The van der Waals surface area contributed by atoms with Crippen LogP contribution in [0, 0.1) is 23.7 Å². The second-order valence-electron chi connectivity index (χ2n) is 7.27. The molecule has 1 N–H and O–H groups in total. The monoisotopic (exact) mass is 325 g/mol. The smallest absolute Gasteiger partial charge is 0.308 e. The first-order valence-electron chi connectivity index (χ1n) is 9.09. The fourth-order valence-electron chi connectivity index (χ4n) is 4.21. The van der Waals surface area contributed by atoms with E-state index in [1.165, 1.54) is 25.7 Å². The lowest BCUT2D eigenvalue weighted by atomic mass is 9.86. The Morgan fingerprint density at radius 3 is 2.65 bits per heavy atom. The Morgan fingerprint density at radius 2 is 2.09 bits per heavy atom. The van der Waals surface area contributed by atoms with Gasteiger partial charge in [0, 0.05) is 32.7 Å². The topological polar surface area (TPSA) is 66.8 Å². The lowest BCUT2D eigenvalue weighted by Gasteiger charge is -2.28. The van der Waals surface area contributed by atoms with Crippen molar-refractivity contribution in [2.75, 3.05) is 26.3 Å². The predicted octanol–water partition coefficient (Wildman–Crippen LogP) is 2.79. The number of amides is 1. The number of hydrogen-bond acceptors (Lipinski definition) is 3. The zero-order chi connectivity index (χ0) is 16.8. The zero-order valence-corrected chi connectivity index (χ0v) is 14.5. The molecular formula is C18H31NO4. The van der Waals surface area contributed by atoms with Crippen molar-refractivity contribution < 1.29 is 19.4 Å². The van der Waals surface area contributed by atoms with Gasteiger partial charge in [-0.15, -0.1) is 0 Å². The Balaban J connectivity index is 1.85. The third-order valence-corrected chi connectivity index (χ3v) is 5.51. The molecule has 4 unspecified atom stereocenters. The second-order valence-corrected chi connectivity index (χ2v) is 7.27. The summed E-state index contributed by atoms with van der Waals surface area (Å²) in [4.78, 5) is 25.6. The number of fused-ring (bicyclic) bond motifs is 2. The van der Waals surface area contributed by atoms with Gasteiger partial charge in [-0.1, -0.05) is 13.3 Å². The highest BCUT2D eigenvalue weighted by Crippen LogP contribution is 2.49. The van der Waals surface area contributed by atoms with Gasteiger partial charge in [0.05, 0.1) is 5.92 Å². The lowest BCUT2D eigenvalue weighted by molar-refractivity contribution is -0.143. The summed E-state index contributed by atoms with van der Waals surface area (Å²) in [7, 11) is 0. The van der Waals surface area contributed by atoms with Crippen molar-refractivity contribution in [1.29, 1.82) is 0 Å². The van der Waals surface area contributed by atoms with Gasteiger partial charge < -0.3 is 14.7 Å². The maximum atomic E-state index is 12.7. The predicted molar refractivity (Wildman–Crippen MR) is 88.0 cm³/mol. The molecule has 23 heavy (non-hydrogen) atoms. The maximum Gasteiger partial charge on any atom is 0.308 e. The van der Waals surface area contributed by atoms with Crippen LogP contribution in [0.25, 0.3) is 0 Å². The SMILES string of the molecule is CCOCCCN(CC(C)C(=O)O)C(=O)CC1CC2CCC1C2. The minimum atomic E-state index is -0.840. The third-order valence-electron chi connectivity index (χ3n) is 5.51. The highest BCUT2D eigenvalue weighted by molar-refractivity contribution is 5.77. The Labute approximate surface area is 139 Å². The van der Waals surface area contributed by atoms with Crippen LogP contribution in [0.5, 0.6) is 0 Å². The van der Waals surface area contributed by atoms with E-state index in [1.54, 1.807) is 11.8 Å². The molecule has 0 aliphatic heterocycles. The van der Waals surface area contributed by atoms with Gasteiger partial charge in [-0.25, -0.2) is 0 Å². The van der Waals surface area contributed by atoms with Crippen LogP contribution in [0.1, 0.15) is 52.4 Å². The van der Waals surface area contributed by atoms with Gasteiger partial charge in [0.2, 0.25) is 5.91 Å². The van der Waals surface area contributed by atoms with Gasteiger partial charge in [-0.05, 0) is 50.4 Å². The Hall–Kier alpha value is -1.10. The van der Waals surface area contributed by atoms with Crippen molar-refractivity contribution in [3.63, 3.8) is 0 Å². The van der Waals surface area contributed by atoms with Gasteiger partial charge in [-0.2, -0.15) is 0 Å². The molecule has 2 bridgehead atoms. The van der Waals surface area contributed by atoms with Gasteiger partial charge in [0.25, 0.3) is 0 Å². The van der Waals surface area contributed by atoms with Gasteiger partial charge >= 0.3 is 5.97 Å². The summed E-state index contributed by atoms with van der Waals surface area (Å²) in [5.74, 6) is 0.856. The van der Waals surface area contributed by atoms with Crippen LogP contribution >= 0.6 is 0 Å². The molecule has 2 aliphatic rings. The molecule has 5 nitrogen and oxygen atoms in total. The molecule has 0 aromatic rings. The van der Waals surface area contributed by atoms with Crippen molar-refractivity contribution in [3.05, 3.63) is 0 Å². The second kappa shape index (κ2) is 8.67. The molecule has 132 valence electrons. The standard InChI is InChI=1S/C18H31NO4/c1-3-23-8-4-7-19(12-13(2)18(21)22)17(20)11-16-10-14-5-6-15(16)9-14/h13-16H,3-12H2,1-2H3,(H,21,22). The fourth-order valence-corrected chi connectivity index (χ4v) is 4.21. The van der Waals surface area contributed by atoms with Crippen molar-refractivity contribution in [3.8, 4) is 0 Å². The molecule has 2 aliphatic carbocycles. The largest absolute Gasteiger partial charge is 0.481 e. The molecule has 0 heterocycles. The summed E-state index contributed by atoms with van der Waals surface area (Å²) in [6, 6.07) is 0. The number of carbonyl (C=O) groups is 2. The molecule has 0 aromatic heterocycles. The third kappa shape index (κ3) is 5.20. The van der Waals surface area contributed by atoms with Crippen molar-refractivity contribution >= 4 is 11.9 Å². The number of nitrogens with zero attached hydrogens (tertiary/aromatic N) is 1. The van der Waals surface area contributed by atoms with Crippen molar-refractivity contribution in [2.24, 2.45) is 23.7 Å². The zero-order valence-electron chi connectivity index (χ0n) is 14.5. The molecule has 0 spiro atoms. The van der Waals surface area contributed by atoms with E-state index < -0.39 is 11.9 Å². The summed E-state index contributed by atoms with van der Waals surface area (Å²) >= 11 is 0. The Kier molecular flexibility index (Phi) is 6.88.